The van der Waals surface area contributed by atoms with Crippen LogP contribution in [0.25, 0.3) is 0 Å². The van der Waals surface area contributed by atoms with E-state index in [2.05, 4.69) is 0 Å². The molecular formula is C18H24Cl2F2O. The van der Waals surface area contributed by atoms with Crippen molar-refractivity contribution in [2.45, 2.75) is 56.7 Å². The van der Waals surface area contributed by atoms with Crippen LogP contribution in [0.15, 0.2) is 36.4 Å². The van der Waals surface area contributed by atoms with Crippen molar-refractivity contribution in [3.63, 3.8) is 0 Å². The van der Waals surface area contributed by atoms with Gasteiger partial charge < -0.3 is 4.74 Å². The maximum atomic E-state index is 12.3. The molecule has 0 aromatic heterocycles. The lowest BCUT2D eigenvalue weighted by Crippen LogP contribution is -1.98. The molecule has 0 amide bonds. The molecule has 0 radical (unpaired) electrons. The number of unbranched alkanes of at least 4 members (excludes halogenated alkanes) is 7. The van der Waals surface area contributed by atoms with Gasteiger partial charge in [-0.15, -0.1) is 0 Å². The van der Waals surface area contributed by atoms with Gasteiger partial charge in [0.05, 0.1) is 6.61 Å². The smallest absolute Gasteiger partial charge is 0.341 e. The number of benzene rings is 1. The highest BCUT2D eigenvalue weighted by atomic mass is 35.5. The summed E-state index contributed by atoms with van der Waals surface area (Å²) < 4.78 is 30.2. The second-order valence-corrected chi connectivity index (χ2v) is 6.45. The summed E-state index contributed by atoms with van der Waals surface area (Å²) in [5.41, 5.74) is 0. The van der Waals surface area contributed by atoms with E-state index >= 15 is 0 Å². The highest BCUT2D eigenvalue weighted by molar-refractivity contribution is 6.30. The Morgan fingerprint density at radius 2 is 1.48 bits per heavy atom. The molecule has 0 bridgehead atoms. The summed E-state index contributed by atoms with van der Waals surface area (Å²) in [4.78, 5) is 0. The van der Waals surface area contributed by atoms with Crippen LogP contribution < -0.4 is 4.74 Å². The van der Waals surface area contributed by atoms with Gasteiger partial charge in [0.15, 0.2) is 0 Å². The molecule has 0 aliphatic rings. The number of alkyl halides is 3. The predicted octanol–water partition coefficient (Wildman–Crippen LogP) is 7.23. The van der Waals surface area contributed by atoms with Crippen LogP contribution in [0.3, 0.4) is 0 Å². The van der Waals surface area contributed by atoms with Crippen molar-refractivity contribution < 1.29 is 13.5 Å². The lowest BCUT2D eigenvalue weighted by Gasteiger charge is -2.06. The van der Waals surface area contributed by atoms with E-state index in [1.165, 1.54) is 18.9 Å². The summed E-state index contributed by atoms with van der Waals surface area (Å²) >= 11 is 10.6. The molecule has 0 N–H and O–H groups in total. The van der Waals surface area contributed by atoms with Gasteiger partial charge in [0, 0.05) is 5.02 Å². The van der Waals surface area contributed by atoms with Crippen molar-refractivity contribution in [1.29, 1.82) is 0 Å². The molecule has 5 heteroatoms. The summed E-state index contributed by atoms with van der Waals surface area (Å²) in [5.74, 6) is 0.852. The molecule has 23 heavy (non-hydrogen) atoms. The molecule has 1 rings (SSSR count). The van der Waals surface area contributed by atoms with E-state index in [-0.39, 0.29) is 0 Å². The third-order valence-electron chi connectivity index (χ3n) is 3.40. The van der Waals surface area contributed by atoms with Crippen LogP contribution in [-0.4, -0.2) is 12.0 Å². The Labute approximate surface area is 147 Å². The van der Waals surface area contributed by atoms with E-state index in [4.69, 9.17) is 27.9 Å². The minimum absolute atomic E-state index is 0.664. The molecule has 0 aliphatic carbocycles. The van der Waals surface area contributed by atoms with Crippen LogP contribution in [0.1, 0.15) is 51.4 Å². The van der Waals surface area contributed by atoms with Crippen molar-refractivity contribution in [3.05, 3.63) is 41.4 Å². The summed E-state index contributed by atoms with van der Waals surface area (Å²) in [6, 6.07) is 7.38. The molecule has 0 saturated carbocycles. The molecule has 0 heterocycles. The third-order valence-corrected chi connectivity index (χ3v) is 3.78. The van der Waals surface area contributed by atoms with Gasteiger partial charge >= 0.3 is 5.38 Å². The summed E-state index contributed by atoms with van der Waals surface area (Å²) in [6.45, 7) is 0.721. The van der Waals surface area contributed by atoms with Gasteiger partial charge in [0.1, 0.15) is 5.75 Å². The topological polar surface area (TPSA) is 9.23 Å². The van der Waals surface area contributed by atoms with Gasteiger partial charge in [0.2, 0.25) is 0 Å². The Balaban J connectivity index is 1.86. The maximum Gasteiger partial charge on any atom is 0.341 e. The van der Waals surface area contributed by atoms with Crippen LogP contribution in [0.5, 0.6) is 5.75 Å². The molecular weight excluding hydrogens is 341 g/mol. The average Bonchev–Trinajstić information content (AvgIpc) is 2.49. The maximum absolute atomic E-state index is 12.3. The fourth-order valence-electron chi connectivity index (χ4n) is 2.19. The van der Waals surface area contributed by atoms with Crippen molar-refractivity contribution in [2.24, 2.45) is 0 Å². The largest absolute Gasteiger partial charge is 0.494 e. The standard InChI is InChI=1S/C18H24Cl2F2O/c19-16-10-12-17(13-11-16)23-15-9-7-5-3-1-2-4-6-8-14-18(20,21)22/h8,10-14H,1-7,9,15H2/b14-8+. The summed E-state index contributed by atoms with van der Waals surface area (Å²) in [7, 11) is 0. The van der Waals surface area contributed by atoms with Gasteiger partial charge in [-0.3, -0.25) is 0 Å². The van der Waals surface area contributed by atoms with E-state index in [9.17, 15) is 8.78 Å². The van der Waals surface area contributed by atoms with Gasteiger partial charge in [-0.2, -0.15) is 8.78 Å². The minimum Gasteiger partial charge on any atom is -0.494 e. The molecule has 0 fully saturated rings. The summed E-state index contributed by atoms with van der Waals surface area (Å²) in [6.07, 6.45) is 10.6. The molecule has 0 spiro atoms. The Hall–Kier alpha value is -0.800. The predicted molar refractivity (Wildman–Crippen MR) is 93.8 cm³/mol. The Kier molecular flexibility index (Phi) is 10.3. The van der Waals surface area contributed by atoms with Gasteiger partial charge in [-0.1, -0.05) is 49.8 Å². The highest BCUT2D eigenvalue weighted by Gasteiger charge is 2.18. The number of ether oxygens (including phenoxy) is 1. The number of halogens is 4. The zero-order chi connectivity index (χ0) is 17.0. The first kappa shape index (κ1) is 20.2. The first-order valence-electron chi connectivity index (χ1n) is 8.10. The molecule has 0 unspecified atom stereocenters. The number of hydrogen-bond acceptors (Lipinski definition) is 1. The van der Waals surface area contributed by atoms with E-state index < -0.39 is 5.38 Å². The minimum atomic E-state index is -3.20. The lowest BCUT2D eigenvalue weighted by molar-refractivity contribution is 0.152. The van der Waals surface area contributed by atoms with Crippen molar-refractivity contribution in [1.82, 2.24) is 0 Å². The van der Waals surface area contributed by atoms with Crippen LogP contribution in [0, 0.1) is 0 Å². The summed E-state index contributed by atoms with van der Waals surface area (Å²) in [5, 5.41) is -2.49. The number of allylic oxidation sites excluding steroid dienone is 2. The first-order valence-corrected chi connectivity index (χ1v) is 8.86. The van der Waals surface area contributed by atoms with Crippen LogP contribution in [0.2, 0.25) is 5.02 Å². The SMILES string of the molecule is FC(F)(Cl)/C=C/CCCCCCCCCOc1ccc(Cl)cc1. The zero-order valence-electron chi connectivity index (χ0n) is 13.2. The van der Waals surface area contributed by atoms with E-state index in [1.54, 1.807) is 0 Å². The molecule has 0 aliphatic heterocycles. The lowest BCUT2D eigenvalue weighted by atomic mass is 10.1. The van der Waals surface area contributed by atoms with Crippen molar-refractivity contribution in [2.75, 3.05) is 6.61 Å². The third kappa shape index (κ3) is 12.3. The normalized spacial score (nSPS) is 12.0. The number of rotatable bonds is 12. The quantitative estimate of drug-likeness (QED) is 0.216. The molecule has 1 aromatic rings. The second-order valence-electron chi connectivity index (χ2n) is 5.51. The second kappa shape index (κ2) is 11.7. The molecule has 1 nitrogen and oxygen atoms in total. The Morgan fingerprint density at radius 1 is 0.913 bits per heavy atom. The average molecular weight is 365 g/mol. The Bertz CT molecular complexity index is 441. The van der Waals surface area contributed by atoms with E-state index in [1.807, 2.05) is 24.3 Å². The molecule has 0 saturated heterocycles. The van der Waals surface area contributed by atoms with E-state index in [0.29, 0.717) is 11.4 Å². The highest BCUT2D eigenvalue weighted by Crippen LogP contribution is 2.20. The fraction of sp³-hybridized carbons (Fsp3) is 0.556. The molecule has 0 atom stereocenters. The monoisotopic (exact) mass is 364 g/mol. The van der Waals surface area contributed by atoms with Crippen molar-refractivity contribution >= 4 is 23.2 Å². The first-order chi connectivity index (χ1) is 11.0. The zero-order valence-corrected chi connectivity index (χ0v) is 14.8. The van der Waals surface area contributed by atoms with E-state index in [0.717, 1.165) is 50.5 Å². The van der Waals surface area contributed by atoms with Crippen LogP contribution in [0.4, 0.5) is 8.78 Å². The van der Waals surface area contributed by atoms with Crippen LogP contribution >= 0.6 is 23.2 Å². The fourth-order valence-corrected chi connectivity index (χ4v) is 2.40. The van der Waals surface area contributed by atoms with Crippen LogP contribution in [-0.2, 0) is 0 Å². The van der Waals surface area contributed by atoms with Crippen molar-refractivity contribution in [3.8, 4) is 5.75 Å². The molecule has 130 valence electrons. The number of hydrogen-bond donors (Lipinski definition) is 0. The van der Waals surface area contributed by atoms with Gasteiger partial charge in [-0.25, -0.2) is 0 Å². The Morgan fingerprint density at radius 3 is 2.09 bits per heavy atom. The van der Waals surface area contributed by atoms with Gasteiger partial charge in [0.25, 0.3) is 0 Å². The van der Waals surface area contributed by atoms with Gasteiger partial charge in [-0.05, 0) is 61.2 Å². The molecule has 1 aromatic carbocycles.